The minimum atomic E-state index is -2.92. The third kappa shape index (κ3) is 4.38. The number of carbonyl (C=O) groups is 2. The Hall–Kier alpha value is -2.22. The SMILES string of the molecule is O=C1CNC(C(=O)NCc2ccccc2OC(F)F)CN1. The lowest BCUT2D eigenvalue weighted by atomic mass is 10.2. The summed E-state index contributed by atoms with van der Waals surface area (Å²) in [7, 11) is 0. The number of hydrogen-bond acceptors (Lipinski definition) is 4. The minimum Gasteiger partial charge on any atom is -0.434 e. The molecule has 2 rings (SSSR count). The molecule has 21 heavy (non-hydrogen) atoms. The topological polar surface area (TPSA) is 79.5 Å². The molecular weight excluding hydrogens is 284 g/mol. The van der Waals surface area contributed by atoms with Crippen molar-refractivity contribution in [3.05, 3.63) is 29.8 Å². The zero-order chi connectivity index (χ0) is 15.2. The van der Waals surface area contributed by atoms with Crippen molar-refractivity contribution in [1.29, 1.82) is 0 Å². The Kier molecular flexibility index (Phi) is 5.04. The van der Waals surface area contributed by atoms with Crippen molar-refractivity contribution in [3.63, 3.8) is 0 Å². The first-order valence-electron chi connectivity index (χ1n) is 6.37. The number of halogens is 2. The highest BCUT2D eigenvalue weighted by Crippen LogP contribution is 2.19. The first-order chi connectivity index (χ1) is 10.1. The van der Waals surface area contributed by atoms with Crippen LogP contribution < -0.4 is 20.7 Å². The van der Waals surface area contributed by atoms with Crippen LogP contribution in [0.5, 0.6) is 5.75 Å². The van der Waals surface area contributed by atoms with Gasteiger partial charge in [0.15, 0.2) is 0 Å². The van der Waals surface area contributed by atoms with Crippen LogP contribution in [0, 0.1) is 0 Å². The minimum absolute atomic E-state index is 0.0257. The van der Waals surface area contributed by atoms with Crippen LogP contribution in [0.15, 0.2) is 24.3 Å². The monoisotopic (exact) mass is 299 g/mol. The normalized spacial score (nSPS) is 18.2. The molecule has 6 nitrogen and oxygen atoms in total. The number of para-hydroxylation sites is 1. The maximum absolute atomic E-state index is 12.3. The second-order valence-electron chi connectivity index (χ2n) is 4.44. The van der Waals surface area contributed by atoms with Crippen LogP contribution in [0.25, 0.3) is 0 Å². The van der Waals surface area contributed by atoms with Gasteiger partial charge in [0.2, 0.25) is 11.8 Å². The number of alkyl halides is 2. The highest BCUT2D eigenvalue weighted by Gasteiger charge is 2.23. The highest BCUT2D eigenvalue weighted by molar-refractivity contribution is 5.86. The number of benzene rings is 1. The summed E-state index contributed by atoms with van der Waals surface area (Å²) in [6.07, 6.45) is 0. The molecular formula is C13H15F2N3O3. The van der Waals surface area contributed by atoms with E-state index in [4.69, 9.17) is 0 Å². The van der Waals surface area contributed by atoms with E-state index in [2.05, 4.69) is 20.7 Å². The first-order valence-corrected chi connectivity index (χ1v) is 6.37. The molecule has 0 aliphatic carbocycles. The van der Waals surface area contributed by atoms with Gasteiger partial charge in [-0.1, -0.05) is 18.2 Å². The lowest BCUT2D eigenvalue weighted by Crippen LogP contribution is -2.57. The molecule has 1 aliphatic heterocycles. The highest BCUT2D eigenvalue weighted by atomic mass is 19.3. The van der Waals surface area contributed by atoms with Crippen molar-refractivity contribution < 1.29 is 23.1 Å². The van der Waals surface area contributed by atoms with Crippen molar-refractivity contribution in [2.75, 3.05) is 13.1 Å². The molecule has 1 unspecified atom stereocenters. The Balaban J connectivity index is 1.90. The molecule has 1 saturated heterocycles. The molecule has 0 saturated carbocycles. The van der Waals surface area contributed by atoms with Crippen LogP contribution in [0.1, 0.15) is 5.56 Å². The number of carbonyl (C=O) groups excluding carboxylic acids is 2. The van der Waals surface area contributed by atoms with E-state index in [-0.39, 0.29) is 37.2 Å². The standard InChI is InChI=1S/C13H15F2N3O3/c14-13(15)21-10-4-2-1-3-8(10)5-18-12(20)9-6-17-11(19)7-16-9/h1-4,9,13,16H,5-7H2,(H,17,19)(H,18,20). The zero-order valence-electron chi connectivity index (χ0n) is 11.1. The van der Waals surface area contributed by atoms with E-state index in [0.717, 1.165) is 0 Å². The van der Waals surface area contributed by atoms with Crippen LogP contribution in [0.3, 0.4) is 0 Å². The van der Waals surface area contributed by atoms with E-state index in [1.54, 1.807) is 18.2 Å². The third-order valence-corrected chi connectivity index (χ3v) is 2.97. The molecule has 0 radical (unpaired) electrons. The van der Waals surface area contributed by atoms with E-state index in [1.165, 1.54) is 6.07 Å². The van der Waals surface area contributed by atoms with Crippen LogP contribution >= 0.6 is 0 Å². The van der Waals surface area contributed by atoms with Crippen molar-refractivity contribution in [3.8, 4) is 5.75 Å². The predicted octanol–water partition coefficient (Wildman–Crippen LogP) is -0.00780. The average molecular weight is 299 g/mol. The number of ether oxygens (including phenoxy) is 1. The van der Waals surface area contributed by atoms with Gasteiger partial charge in [0.25, 0.3) is 0 Å². The summed E-state index contributed by atoms with van der Waals surface area (Å²) >= 11 is 0. The van der Waals surface area contributed by atoms with Gasteiger partial charge in [-0.15, -0.1) is 0 Å². The molecule has 3 N–H and O–H groups in total. The number of amides is 2. The van der Waals surface area contributed by atoms with Gasteiger partial charge in [-0.3, -0.25) is 14.9 Å². The van der Waals surface area contributed by atoms with E-state index < -0.39 is 12.7 Å². The van der Waals surface area contributed by atoms with Crippen LogP contribution in [0.4, 0.5) is 8.78 Å². The molecule has 0 spiro atoms. The third-order valence-electron chi connectivity index (χ3n) is 2.97. The number of nitrogens with one attached hydrogen (secondary N) is 3. The van der Waals surface area contributed by atoms with Crippen molar-refractivity contribution in [2.24, 2.45) is 0 Å². The van der Waals surface area contributed by atoms with Gasteiger partial charge in [0, 0.05) is 18.7 Å². The molecule has 1 aromatic rings. The molecule has 0 bridgehead atoms. The van der Waals surface area contributed by atoms with Gasteiger partial charge in [-0.2, -0.15) is 8.78 Å². The lowest BCUT2D eigenvalue weighted by molar-refractivity contribution is -0.126. The Morgan fingerprint density at radius 2 is 2.19 bits per heavy atom. The van der Waals surface area contributed by atoms with E-state index in [0.29, 0.717) is 5.56 Å². The Labute approximate surface area is 119 Å². The number of piperazine rings is 1. The fraction of sp³-hybridized carbons (Fsp3) is 0.385. The van der Waals surface area contributed by atoms with Gasteiger partial charge in [-0.05, 0) is 6.07 Å². The van der Waals surface area contributed by atoms with Crippen molar-refractivity contribution >= 4 is 11.8 Å². The smallest absolute Gasteiger partial charge is 0.387 e. The molecule has 8 heteroatoms. The summed E-state index contributed by atoms with van der Waals surface area (Å²) in [4.78, 5) is 22.9. The Morgan fingerprint density at radius 3 is 2.86 bits per heavy atom. The Morgan fingerprint density at radius 1 is 1.43 bits per heavy atom. The molecule has 1 atom stereocenters. The summed E-state index contributed by atoms with van der Waals surface area (Å²) in [6.45, 7) is -2.59. The van der Waals surface area contributed by atoms with Gasteiger partial charge >= 0.3 is 6.61 Å². The molecule has 2 amide bonds. The molecule has 0 aromatic heterocycles. The maximum Gasteiger partial charge on any atom is 0.387 e. The lowest BCUT2D eigenvalue weighted by Gasteiger charge is -2.23. The van der Waals surface area contributed by atoms with E-state index in [1.807, 2.05) is 0 Å². The number of hydrogen-bond donors (Lipinski definition) is 3. The molecule has 1 fully saturated rings. The maximum atomic E-state index is 12.3. The van der Waals surface area contributed by atoms with Gasteiger partial charge < -0.3 is 15.4 Å². The molecule has 1 aromatic carbocycles. The quantitative estimate of drug-likeness (QED) is 0.714. The van der Waals surface area contributed by atoms with Gasteiger partial charge in [-0.25, -0.2) is 0 Å². The summed E-state index contributed by atoms with van der Waals surface area (Å²) in [5.74, 6) is -0.464. The largest absolute Gasteiger partial charge is 0.434 e. The second kappa shape index (κ2) is 6.98. The van der Waals surface area contributed by atoms with Crippen molar-refractivity contribution in [1.82, 2.24) is 16.0 Å². The van der Waals surface area contributed by atoms with Crippen LogP contribution in [-0.2, 0) is 16.1 Å². The molecule has 114 valence electrons. The van der Waals surface area contributed by atoms with Crippen LogP contribution in [-0.4, -0.2) is 37.6 Å². The average Bonchev–Trinajstić information content (AvgIpc) is 2.46. The summed E-state index contributed by atoms with van der Waals surface area (Å²) in [5.41, 5.74) is 0.450. The predicted molar refractivity (Wildman–Crippen MR) is 69.7 cm³/mol. The van der Waals surface area contributed by atoms with Crippen molar-refractivity contribution in [2.45, 2.75) is 19.2 Å². The molecule has 1 heterocycles. The van der Waals surface area contributed by atoms with Gasteiger partial charge in [0.05, 0.1) is 6.54 Å². The van der Waals surface area contributed by atoms with Gasteiger partial charge in [0.1, 0.15) is 11.8 Å². The molecule has 1 aliphatic rings. The zero-order valence-corrected chi connectivity index (χ0v) is 11.1. The van der Waals surface area contributed by atoms with E-state index >= 15 is 0 Å². The fourth-order valence-electron chi connectivity index (χ4n) is 1.92. The fourth-order valence-corrected chi connectivity index (χ4v) is 1.92. The summed E-state index contributed by atoms with van der Waals surface area (Å²) < 4.78 is 28.9. The summed E-state index contributed by atoms with van der Waals surface area (Å²) in [5, 5.41) is 7.96. The summed E-state index contributed by atoms with van der Waals surface area (Å²) in [6, 6.07) is 5.70. The van der Waals surface area contributed by atoms with Crippen LogP contribution in [0.2, 0.25) is 0 Å². The number of rotatable bonds is 5. The van der Waals surface area contributed by atoms with E-state index in [9.17, 15) is 18.4 Å². The Bertz CT molecular complexity index is 515. The first kappa shape index (κ1) is 15.2. The second-order valence-corrected chi connectivity index (χ2v) is 4.44.